The average Bonchev–Trinajstić information content (AvgIpc) is 2.74. The van der Waals surface area contributed by atoms with Gasteiger partial charge in [0.05, 0.1) is 5.75 Å². The standard InChI is InChI=1S/C12H15N3O4S/c16-11-10(14-12(17)15-11)8-13-20(18,19)7-6-9-4-2-1-3-5-9/h1-5,10,13H,6-8H2,(H2,14,15,16,17). The van der Waals surface area contributed by atoms with E-state index in [0.29, 0.717) is 6.42 Å². The van der Waals surface area contributed by atoms with Crippen LogP contribution in [0.4, 0.5) is 4.79 Å². The monoisotopic (exact) mass is 297 g/mol. The van der Waals surface area contributed by atoms with Crippen molar-refractivity contribution >= 4 is 22.0 Å². The lowest BCUT2D eigenvalue weighted by Crippen LogP contribution is -2.42. The van der Waals surface area contributed by atoms with E-state index in [2.05, 4.69) is 10.0 Å². The molecular formula is C12H15N3O4S. The van der Waals surface area contributed by atoms with Crippen LogP contribution in [0.5, 0.6) is 0 Å². The molecule has 3 amide bonds. The smallest absolute Gasteiger partial charge is 0.322 e. The molecule has 3 N–H and O–H groups in total. The average molecular weight is 297 g/mol. The van der Waals surface area contributed by atoms with Crippen molar-refractivity contribution in [3.05, 3.63) is 35.9 Å². The number of hydrogen-bond acceptors (Lipinski definition) is 4. The van der Waals surface area contributed by atoms with Gasteiger partial charge in [-0.15, -0.1) is 0 Å². The second kappa shape index (κ2) is 6.02. The van der Waals surface area contributed by atoms with Crippen molar-refractivity contribution in [2.45, 2.75) is 12.5 Å². The zero-order valence-corrected chi connectivity index (χ0v) is 11.4. The van der Waals surface area contributed by atoms with Gasteiger partial charge in [0.2, 0.25) is 10.0 Å². The summed E-state index contributed by atoms with van der Waals surface area (Å²) in [6, 6.07) is 7.77. The van der Waals surface area contributed by atoms with Crippen molar-refractivity contribution in [3.63, 3.8) is 0 Å². The van der Waals surface area contributed by atoms with Gasteiger partial charge in [-0.25, -0.2) is 17.9 Å². The zero-order chi connectivity index (χ0) is 14.6. The number of imide groups is 1. The molecule has 0 spiro atoms. The van der Waals surface area contributed by atoms with Gasteiger partial charge in [-0.1, -0.05) is 30.3 Å². The summed E-state index contributed by atoms with van der Waals surface area (Å²) in [4.78, 5) is 22.1. The number of carbonyl (C=O) groups is 2. The predicted molar refractivity (Wildman–Crippen MR) is 72.4 cm³/mol. The molecule has 1 aromatic carbocycles. The molecule has 1 saturated heterocycles. The summed E-state index contributed by atoms with van der Waals surface area (Å²) in [5.41, 5.74) is 0.921. The molecule has 0 saturated carbocycles. The van der Waals surface area contributed by atoms with E-state index in [9.17, 15) is 18.0 Å². The predicted octanol–water partition coefficient (Wildman–Crippen LogP) is -0.643. The molecule has 1 unspecified atom stereocenters. The maximum atomic E-state index is 11.8. The molecule has 1 heterocycles. The summed E-state index contributed by atoms with van der Waals surface area (Å²) in [6.45, 7) is -0.144. The highest BCUT2D eigenvalue weighted by atomic mass is 32.2. The van der Waals surface area contributed by atoms with E-state index in [0.717, 1.165) is 5.56 Å². The van der Waals surface area contributed by atoms with Crippen LogP contribution in [0.25, 0.3) is 0 Å². The van der Waals surface area contributed by atoms with Crippen LogP contribution < -0.4 is 15.4 Å². The molecule has 1 aromatic rings. The van der Waals surface area contributed by atoms with Crippen LogP contribution in [0.3, 0.4) is 0 Å². The van der Waals surface area contributed by atoms with Crippen molar-refractivity contribution in [1.82, 2.24) is 15.4 Å². The molecule has 1 aliphatic heterocycles. The highest BCUT2D eigenvalue weighted by molar-refractivity contribution is 7.89. The first-order valence-electron chi connectivity index (χ1n) is 6.09. The first kappa shape index (κ1) is 14.5. The minimum absolute atomic E-state index is 0.0701. The summed E-state index contributed by atoms with van der Waals surface area (Å²) in [5.74, 6) is -0.597. The van der Waals surface area contributed by atoms with Crippen molar-refractivity contribution in [2.24, 2.45) is 0 Å². The maximum Gasteiger partial charge on any atom is 0.322 e. The van der Waals surface area contributed by atoms with Crippen LogP contribution >= 0.6 is 0 Å². The van der Waals surface area contributed by atoms with E-state index >= 15 is 0 Å². The molecule has 0 aromatic heterocycles. The van der Waals surface area contributed by atoms with Crippen LogP contribution in [0.1, 0.15) is 5.56 Å². The highest BCUT2D eigenvalue weighted by Gasteiger charge is 2.30. The molecule has 1 aliphatic rings. The molecule has 8 heteroatoms. The van der Waals surface area contributed by atoms with Gasteiger partial charge in [-0.3, -0.25) is 10.1 Å². The molecule has 0 radical (unpaired) electrons. The minimum Gasteiger partial charge on any atom is -0.325 e. The van der Waals surface area contributed by atoms with Gasteiger partial charge in [0, 0.05) is 6.54 Å². The minimum atomic E-state index is -3.49. The second-order valence-electron chi connectivity index (χ2n) is 4.42. The largest absolute Gasteiger partial charge is 0.325 e. The SMILES string of the molecule is O=C1NC(=O)C(CNS(=O)(=O)CCc2ccccc2)N1. The van der Waals surface area contributed by atoms with E-state index in [1.165, 1.54) is 0 Å². The second-order valence-corrected chi connectivity index (χ2v) is 6.34. The number of hydrogen-bond donors (Lipinski definition) is 3. The van der Waals surface area contributed by atoms with Crippen molar-refractivity contribution in [2.75, 3.05) is 12.3 Å². The van der Waals surface area contributed by atoms with E-state index in [1.807, 2.05) is 35.6 Å². The Morgan fingerprint density at radius 2 is 1.85 bits per heavy atom. The third-order valence-electron chi connectivity index (χ3n) is 2.87. The van der Waals surface area contributed by atoms with E-state index in [-0.39, 0.29) is 12.3 Å². The Balaban J connectivity index is 1.82. The Kier molecular flexibility index (Phi) is 4.35. The Hall–Kier alpha value is -1.93. The third-order valence-corrected chi connectivity index (χ3v) is 4.22. The number of carbonyl (C=O) groups excluding carboxylic acids is 2. The van der Waals surface area contributed by atoms with Crippen LogP contribution in [-0.2, 0) is 21.2 Å². The Morgan fingerprint density at radius 1 is 1.15 bits per heavy atom. The zero-order valence-electron chi connectivity index (χ0n) is 10.6. The fraction of sp³-hybridized carbons (Fsp3) is 0.333. The van der Waals surface area contributed by atoms with Crippen LogP contribution in [0.2, 0.25) is 0 Å². The van der Waals surface area contributed by atoms with Crippen LogP contribution in [-0.4, -0.2) is 38.7 Å². The number of sulfonamides is 1. The summed E-state index contributed by atoms with van der Waals surface area (Å²) < 4.78 is 25.9. The number of amides is 3. The van der Waals surface area contributed by atoms with Gasteiger partial charge >= 0.3 is 6.03 Å². The Bertz CT molecular complexity index is 600. The summed E-state index contributed by atoms with van der Waals surface area (Å²) in [6.07, 6.45) is 0.388. The number of rotatable bonds is 6. The van der Waals surface area contributed by atoms with Crippen molar-refractivity contribution in [3.8, 4) is 0 Å². The first-order chi connectivity index (χ1) is 9.46. The van der Waals surface area contributed by atoms with Gasteiger partial charge in [0.25, 0.3) is 5.91 Å². The van der Waals surface area contributed by atoms with E-state index in [1.54, 1.807) is 0 Å². The molecule has 2 rings (SSSR count). The molecule has 0 aliphatic carbocycles. The Morgan fingerprint density at radius 3 is 2.45 bits per heavy atom. The first-order valence-corrected chi connectivity index (χ1v) is 7.74. The summed E-state index contributed by atoms with van der Waals surface area (Å²) in [5, 5.41) is 4.36. The highest BCUT2D eigenvalue weighted by Crippen LogP contribution is 2.01. The lowest BCUT2D eigenvalue weighted by molar-refractivity contribution is -0.120. The van der Waals surface area contributed by atoms with Crippen LogP contribution in [0, 0.1) is 0 Å². The fourth-order valence-corrected chi connectivity index (χ4v) is 2.85. The van der Waals surface area contributed by atoms with Crippen LogP contribution in [0.15, 0.2) is 30.3 Å². The summed E-state index contributed by atoms with van der Waals surface area (Å²) in [7, 11) is -3.49. The maximum absolute atomic E-state index is 11.8. The topological polar surface area (TPSA) is 104 Å². The molecule has 7 nitrogen and oxygen atoms in total. The summed E-state index contributed by atoms with van der Waals surface area (Å²) >= 11 is 0. The van der Waals surface area contributed by atoms with Crippen molar-refractivity contribution in [1.29, 1.82) is 0 Å². The lowest BCUT2D eigenvalue weighted by atomic mass is 10.2. The van der Waals surface area contributed by atoms with Gasteiger partial charge < -0.3 is 5.32 Å². The molecule has 1 atom stereocenters. The van der Waals surface area contributed by atoms with Gasteiger partial charge in [0.15, 0.2) is 0 Å². The lowest BCUT2D eigenvalue weighted by Gasteiger charge is -2.09. The normalized spacial score (nSPS) is 18.7. The molecule has 108 valence electrons. The quantitative estimate of drug-likeness (QED) is 0.607. The van der Waals surface area contributed by atoms with Crippen molar-refractivity contribution < 1.29 is 18.0 Å². The van der Waals surface area contributed by atoms with Gasteiger partial charge in [-0.2, -0.15) is 0 Å². The number of benzene rings is 1. The van der Waals surface area contributed by atoms with Gasteiger partial charge in [-0.05, 0) is 12.0 Å². The Labute approximate surface area is 116 Å². The number of aryl methyl sites for hydroxylation is 1. The molecule has 20 heavy (non-hydrogen) atoms. The molecular weight excluding hydrogens is 282 g/mol. The molecule has 0 bridgehead atoms. The van der Waals surface area contributed by atoms with E-state index < -0.39 is 28.0 Å². The van der Waals surface area contributed by atoms with Gasteiger partial charge in [0.1, 0.15) is 6.04 Å². The third kappa shape index (κ3) is 4.04. The number of nitrogens with one attached hydrogen (secondary N) is 3. The fourth-order valence-electron chi connectivity index (χ4n) is 1.78. The number of urea groups is 1. The molecule has 1 fully saturated rings. The van der Waals surface area contributed by atoms with E-state index in [4.69, 9.17) is 0 Å².